The predicted molar refractivity (Wildman–Crippen MR) is 95.0 cm³/mol. The minimum absolute atomic E-state index is 0.0595. The second-order valence-corrected chi connectivity index (χ2v) is 7.73. The molecule has 1 fully saturated rings. The largest absolute Gasteiger partial charge is 0.341 e. The van der Waals surface area contributed by atoms with E-state index in [0.29, 0.717) is 0 Å². The van der Waals surface area contributed by atoms with Crippen LogP contribution in [0, 0.1) is 0 Å². The molecule has 1 aromatic rings. The van der Waals surface area contributed by atoms with E-state index in [4.69, 9.17) is 0 Å². The van der Waals surface area contributed by atoms with Crippen LogP contribution in [0.2, 0.25) is 0 Å². The number of para-hydroxylation sites is 1. The molecule has 2 aliphatic rings. The fourth-order valence-electron chi connectivity index (χ4n) is 3.62. The first-order valence-electron chi connectivity index (χ1n) is 8.79. The summed E-state index contributed by atoms with van der Waals surface area (Å²) in [6, 6.07) is 7.66. The van der Waals surface area contributed by atoms with Crippen LogP contribution in [0.1, 0.15) is 45.1 Å². The Bertz CT molecular complexity index is 636. The molecule has 2 amide bonds. The Balaban J connectivity index is 1.64. The normalized spacial score (nSPS) is 22.0. The lowest BCUT2D eigenvalue weighted by atomic mass is 9.96. The van der Waals surface area contributed by atoms with Crippen LogP contribution in [0.25, 0.3) is 0 Å². The van der Waals surface area contributed by atoms with E-state index in [9.17, 15) is 9.59 Å². The van der Waals surface area contributed by atoms with Gasteiger partial charge in [0.05, 0.1) is 5.92 Å². The SMILES string of the molecule is CC(C)(C)N1CCCN(C(=O)C[C@@H]2C(=O)Nc3ccccc32)CC1. The zero-order chi connectivity index (χ0) is 17.3. The molecule has 3 rings (SSSR count). The number of hydrogen-bond donors (Lipinski definition) is 1. The van der Waals surface area contributed by atoms with Gasteiger partial charge in [0, 0.05) is 43.8 Å². The molecule has 2 heterocycles. The van der Waals surface area contributed by atoms with Gasteiger partial charge in [-0.3, -0.25) is 14.5 Å². The Kier molecular flexibility index (Phi) is 4.63. The van der Waals surface area contributed by atoms with Gasteiger partial charge in [0.25, 0.3) is 0 Å². The first-order valence-corrected chi connectivity index (χ1v) is 8.79. The highest BCUT2D eigenvalue weighted by atomic mass is 16.2. The Labute approximate surface area is 144 Å². The van der Waals surface area contributed by atoms with Gasteiger partial charge in [0.15, 0.2) is 0 Å². The number of nitrogens with one attached hydrogen (secondary N) is 1. The van der Waals surface area contributed by atoms with Crippen molar-refractivity contribution in [1.29, 1.82) is 0 Å². The summed E-state index contributed by atoms with van der Waals surface area (Å²) in [7, 11) is 0. The topological polar surface area (TPSA) is 52.7 Å². The minimum Gasteiger partial charge on any atom is -0.341 e. The smallest absolute Gasteiger partial charge is 0.232 e. The van der Waals surface area contributed by atoms with Crippen molar-refractivity contribution in [2.45, 2.75) is 45.1 Å². The van der Waals surface area contributed by atoms with Crippen molar-refractivity contribution in [3.63, 3.8) is 0 Å². The summed E-state index contributed by atoms with van der Waals surface area (Å²) in [5.74, 6) is -0.325. The molecule has 2 aliphatic heterocycles. The summed E-state index contributed by atoms with van der Waals surface area (Å²) in [6.45, 7) is 10.1. The van der Waals surface area contributed by atoms with Gasteiger partial charge in [-0.2, -0.15) is 0 Å². The number of anilines is 1. The van der Waals surface area contributed by atoms with Crippen molar-refractivity contribution in [3.8, 4) is 0 Å². The molecule has 0 radical (unpaired) electrons. The molecule has 0 saturated carbocycles. The molecule has 5 heteroatoms. The number of fused-ring (bicyclic) bond motifs is 1. The van der Waals surface area contributed by atoms with Gasteiger partial charge in [-0.05, 0) is 38.8 Å². The fourth-order valence-corrected chi connectivity index (χ4v) is 3.62. The zero-order valence-corrected chi connectivity index (χ0v) is 14.8. The van der Waals surface area contributed by atoms with Crippen LogP contribution in [-0.2, 0) is 9.59 Å². The van der Waals surface area contributed by atoms with E-state index in [1.807, 2.05) is 29.2 Å². The van der Waals surface area contributed by atoms with Gasteiger partial charge in [0.2, 0.25) is 11.8 Å². The Morgan fingerprint density at radius 2 is 1.92 bits per heavy atom. The van der Waals surface area contributed by atoms with Crippen molar-refractivity contribution < 1.29 is 9.59 Å². The molecule has 0 aromatic heterocycles. The highest BCUT2D eigenvalue weighted by Crippen LogP contribution is 2.34. The molecule has 0 bridgehead atoms. The number of hydrogen-bond acceptors (Lipinski definition) is 3. The summed E-state index contributed by atoms with van der Waals surface area (Å²) in [5, 5.41) is 2.88. The van der Waals surface area contributed by atoms with Gasteiger partial charge >= 0.3 is 0 Å². The van der Waals surface area contributed by atoms with E-state index in [-0.39, 0.29) is 29.7 Å². The third-order valence-corrected chi connectivity index (χ3v) is 5.09. The van der Waals surface area contributed by atoms with E-state index in [1.54, 1.807) is 0 Å². The van der Waals surface area contributed by atoms with E-state index in [2.05, 4.69) is 31.0 Å². The zero-order valence-electron chi connectivity index (χ0n) is 14.8. The van der Waals surface area contributed by atoms with E-state index in [1.165, 1.54) is 0 Å². The fraction of sp³-hybridized carbons (Fsp3) is 0.579. The number of carbonyl (C=O) groups excluding carboxylic acids is 2. The molecular weight excluding hydrogens is 302 g/mol. The van der Waals surface area contributed by atoms with Gasteiger partial charge in [-0.15, -0.1) is 0 Å². The summed E-state index contributed by atoms with van der Waals surface area (Å²) >= 11 is 0. The number of benzene rings is 1. The second-order valence-electron chi connectivity index (χ2n) is 7.73. The standard InChI is InChI=1S/C19H27N3O2/c1-19(2,3)22-10-6-9-21(11-12-22)17(23)13-15-14-7-4-5-8-16(14)20-18(15)24/h4-5,7-8,15H,6,9-13H2,1-3H3,(H,20,24)/t15-/m0/s1. The molecule has 1 atom stereocenters. The number of rotatable bonds is 2. The highest BCUT2D eigenvalue weighted by Gasteiger charge is 2.34. The Hall–Kier alpha value is -1.88. The first-order chi connectivity index (χ1) is 11.4. The molecule has 0 spiro atoms. The quantitative estimate of drug-likeness (QED) is 0.907. The third kappa shape index (κ3) is 3.46. The highest BCUT2D eigenvalue weighted by molar-refractivity contribution is 6.04. The minimum atomic E-state index is -0.351. The van der Waals surface area contributed by atoms with Crippen LogP contribution in [0.3, 0.4) is 0 Å². The molecule has 0 unspecified atom stereocenters. The monoisotopic (exact) mass is 329 g/mol. The summed E-state index contributed by atoms with van der Waals surface area (Å²) < 4.78 is 0. The van der Waals surface area contributed by atoms with Crippen LogP contribution in [0.5, 0.6) is 0 Å². The lowest BCUT2D eigenvalue weighted by Crippen LogP contribution is -2.44. The van der Waals surface area contributed by atoms with E-state index >= 15 is 0 Å². The molecule has 24 heavy (non-hydrogen) atoms. The molecule has 5 nitrogen and oxygen atoms in total. The van der Waals surface area contributed by atoms with Crippen molar-refractivity contribution in [2.24, 2.45) is 0 Å². The lowest BCUT2D eigenvalue weighted by molar-refractivity contribution is -0.133. The molecule has 130 valence electrons. The summed E-state index contributed by atoms with van der Waals surface area (Å²) in [6.07, 6.45) is 1.24. The Morgan fingerprint density at radius 1 is 1.17 bits per heavy atom. The van der Waals surface area contributed by atoms with Crippen LogP contribution in [0.15, 0.2) is 24.3 Å². The average Bonchev–Trinajstić information content (AvgIpc) is 2.71. The Morgan fingerprint density at radius 3 is 2.67 bits per heavy atom. The van der Waals surface area contributed by atoms with Crippen LogP contribution in [0.4, 0.5) is 5.69 Å². The second kappa shape index (κ2) is 6.55. The van der Waals surface area contributed by atoms with Crippen molar-refractivity contribution in [3.05, 3.63) is 29.8 Å². The van der Waals surface area contributed by atoms with Crippen molar-refractivity contribution >= 4 is 17.5 Å². The molecule has 0 aliphatic carbocycles. The van der Waals surface area contributed by atoms with Gasteiger partial charge in [-0.25, -0.2) is 0 Å². The maximum absolute atomic E-state index is 12.7. The molecule has 1 saturated heterocycles. The molecule has 1 aromatic carbocycles. The van der Waals surface area contributed by atoms with E-state index < -0.39 is 0 Å². The first kappa shape index (κ1) is 17.0. The number of nitrogens with zero attached hydrogens (tertiary/aromatic N) is 2. The van der Waals surface area contributed by atoms with Crippen LogP contribution >= 0.6 is 0 Å². The number of carbonyl (C=O) groups is 2. The van der Waals surface area contributed by atoms with Gasteiger partial charge in [0.1, 0.15) is 0 Å². The molecule has 1 N–H and O–H groups in total. The van der Waals surface area contributed by atoms with Crippen LogP contribution < -0.4 is 5.32 Å². The number of amides is 2. The summed E-state index contributed by atoms with van der Waals surface area (Å²) in [5.41, 5.74) is 1.92. The lowest BCUT2D eigenvalue weighted by Gasteiger charge is -2.34. The maximum atomic E-state index is 12.7. The average molecular weight is 329 g/mol. The van der Waals surface area contributed by atoms with Gasteiger partial charge < -0.3 is 10.2 Å². The predicted octanol–water partition coefficient (Wildman–Crippen LogP) is 2.45. The van der Waals surface area contributed by atoms with E-state index in [0.717, 1.165) is 43.9 Å². The van der Waals surface area contributed by atoms with Crippen molar-refractivity contribution in [1.82, 2.24) is 9.80 Å². The molecular formula is C19H27N3O2. The van der Waals surface area contributed by atoms with Gasteiger partial charge in [-0.1, -0.05) is 18.2 Å². The van der Waals surface area contributed by atoms with Crippen molar-refractivity contribution in [2.75, 3.05) is 31.5 Å². The summed E-state index contributed by atoms with van der Waals surface area (Å²) in [4.78, 5) is 29.3. The van der Waals surface area contributed by atoms with Crippen LogP contribution in [-0.4, -0.2) is 53.3 Å². The third-order valence-electron chi connectivity index (χ3n) is 5.09. The maximum Gasteiger partial charge on any atom is 0.232 e.